The number of aliphatic imine (C=N–C) groups is 1. The summed E-state index contributed by atoms with van der Waals surface area (Å²) in [6, 6.07) is 0.269. The van der Waals surface area contributed by atoms with Crippen LogP contribution in [0.5, 0.6) is 0 Å². The van der Waals surface area contributed by atoms with E-state index in [1.807, 2.05) is 37.4 Å². The van der Waals surface area contributed by atoms with Gasteiger partial charge in [-0.15, -0.1) is 0 Å². The van der Waals surface area contributed by atoms with Crippen molar-refractivity contribution in [3.8, 4) is 0 Å². The molecule has 1 heterocycles. The lowest BCUT2D eigenvalue weighted by Gasteiger charge is -2.40. The molecule has 6 nitrogen and oxygen atoms in total. The van der Waals surface area contributed by atoms with E-state index in [1.165, 1.54) is 12.8 Å². The van der Waals surface area contributed by atoms with Crippen LogP contribution in [0.1, 0.15) is 53.4 Å². The summed E-state index contributed by atoms with van der Waals surface area (Å²) in [6.45, 7) is 12.4. The quantitative estimate of drug-likeness (QED) is 0.404. The number of amides is 1. The number of hydrogen-bond acceptors (Lipinski definition) is 4. The number of thioether (sulfide) groups is 1. The Morgan fingerprint density at radius 1 is 1.26 bits per heavy atom. The van der Waals surface area contributed by atoms with Gasteiger partial charge in [0.05, 0.1) is 6.54 Å². The fraction of sp³-hybridized carbons (Fsp3) is 0.900. The van der Waals surface area contributed by atoms with E-state index in [0.717, 1.165) is 57.3 Å². The minimum absolute atomic E-state index is 0.145. The molecule has 0 aromatic heterocycles. The molecule has 1 aliphatic carbocycles. The van der Waals surface area contributed by atoms with E-state index in [0.29, 0.717) is 5.92 Å². The van der Waals surface area contributed by atoms with Crippen LogP contribution in [0.2, 0.25) is 0 Å². The Morgan fingerprint density at radius 2 is 1.93 bits per heavy atom. The number of guanidine groups is 1. The number of likely N-dealkylation sites (tertiary alicyclic amines) is 1. The fourth-order valence-corrected chi connectivity index (χ4v) is 3.60. The molecule has 0 aromatic rings. The van der Waals surface area contributed by atoms with Crippen molar-refractivity contribution < 1.29 is 9.53 Å². The molecule has 2 rings (SSSR count). The number of carbonyl (C=O) groups is 1. The number of piperidine rings is 1. The van der Waals surface area contributed by atoms with Crippen molar-refractivity contribution in [1.29, 1.82) is 0 Å². The van der Waals surface area contributed by atoms with E-state index < -0.39 is 5.60 Å². The second-order valence-electron chi connectivity index (χ2n) is 8.52. The maximum absolute atomic E-state index is 12.8. The van der Waals surface area contributed by atoms with Gasteiger partial charge in [-0.25, -0.2) is 4.79 Å². The highest BCUT2D eigenvalue weighted by atomic mass is 32.2. The van der Waals surface area contributed by atoms with Crippen LogP contribution in [0.15, 0.2) is 4.99 Å². The van der Waals surface area contributed by atoms with Crippen LogP contribution in [-0.4, -0.2) is 78.2 Å². The Balaban J connectivity index is 1.95. The Morgan fingerprint density at radius 3 is 2.44 bits per heavy atom. The summed E-state index contributed by atoms with van der Waals surface area (Å²) in [5, 5.41) is 3.41. The van der Waals surface area contributed by atoms with Crippen molar-refractivity contribution in [3.05, 3.63) is 0 Å². The van der Waals surface area contributed by atoms with Crippen molar-refractivity contribution in [2.24, 2.45) is 10.9 Å². The van der Waals surface area contributed by atoms with Crippen molar-refractivity contribution in [3.63, 3.8) is 0 Å². The van der Waals surface area contributed by atoms with Gasteiger partial charge in [0.15, 0.2) is 5.96 Å². The molecular formula is C20H38N4O2S. The zero-order valence-corrected chi connectivity index (χ0v) is 18.6. The Bertz CT molecular complexity index is 495. The van der Waals surface area contributed by atoms with Crippen molar-refractivity contribution in [1.82, 2.24) is 15.1 Å². The van der Waals surface area contributed by atoms with Crippen LogP contribution in [-0.2, 0) is 4.74 Å². The van der Waals surface area contributed by atoms with Crippen molar-refractivity contribution in [2.75, 3.05) is 44.7 Å². The van der Waals surface area contributed by atoms with Gasteiger partial charge in [0.1, 0.15) is 5.60 Å². The number of carbonyl (C=O) groups excluding carboxylic acids is 1. The van der Waals surface area contributed by atoms with Crippen LogP contribution in [0.3, 0.4) is 0 Å². The van der Waals surface area contributed by atoms with Gasteiger partial charge in [0.25, 0.3) is 0 Å². The molecule has 1 aliphatic heterocycles. The molecule has 1 amide bonds. The molecule has 0 aromatic carbocycles. The van der Waals surface area contributed by atoms with Crippen LogP contribution in [0, 0.1) is 5.92 Å². The highest BCUT2D eigenvalue weighted by molar-refractivity contribution is 7.98. The van der Waals surface area contributed by atoms with E-state index in [2.05, 4.69) is 23.4 Å². The molecule has 156 valence electrons. The summed E-state index contributed by atoms with van der Waals surface area (Å²) in [7, 11) is 0. The molecular weight excluding hydrogens is 360 g/mol. The largest absolute Gasteiger partial charge is 0.444 e. The monoisotopic (exact) mass is 398 g/mol. The third kappa shape index (κ3) is 7.80. The first-order chi connectivity index (χ1) is 12.8. The summed E-state index contributed by atoms with van der Waals surface area (Å²) >= 11 is 1.82. The second-order valence-corrected chi connectivity index (χ2v) is 9.51. The van der Waals surface area contributed by atoms with E-state index in [1.54, 1.807) is 0 Å². The first-order valence-corrected chi connectivity index (χ1v) is 11.7. The van der Waals surface area contributed by atoms with Crippen LogP contribution >= 0.6 is 11.8 Å². The molecule has 27 heavy (non-hydrogen) atoms. The van der Waals surface area contributed by atoms with E-state index in [4.69, 9.17) is 9.73 Å². The number of hydrogen-bond donors (Lipinski definition) is 1. The zero-order valence-electron chi connectivity index (χ0n) is 17.8. The van der Waals surface area contributed by atoms with E-state index >= 15 is 0 Å². The molecule has 0 radical (unpaired) electrons. The van der Waals surface area contributed by atoms with Gasteiger partial charge < -0.3 is 19.9 Å². The molecule has 0 atom stereocenters. The maximum atomic E-state index is 12.8. The molecule has 0 unspecified atom stereocenters. The summed E-state index contributed by atoms with van der Waals surface area (Å²) < 4.78 is 5.70. The first-order valence-electron chi connectivity index (χ1n) is 10.4. The lowest BCUT2D eigenvalue weighted by Crippen LogP contribution is -2.52. The summed E-state index contributed by atoms with van der Waals surface area (Å²) in [5.41, 5.74) is -0.443. The average Bonchev–Trinajstić information content (AvgIpc) is 3.42. The predicted molar refractivity (Wildman–Crippen MR) is 115 cm³/mol. The third-order valence-corrected chi connectivity index (χ3v) is 5.47. The van der Waals surface area contributed by atoms with Crippen LogP contribution in [0.25, 0.3) is 0 Å². The molecule has 0 spiro atoms. The molecule has 7 heteroatoms. The highest BCUT2D eigenvalue weighted by Gasteiger charge is 2.35. The molecule has 0 bridgehead atoms. The van der Waals surface area contributed by atoms with Crippen molar-refractivity contribution >= 4 is 23.8 Å². The fourth-order valence-electron chi connectivity index (χ4n) is 3.33. The molecule has 1 N–H and O–H groups in total. The lowest BCUT2D eigenvalue weighted by molar-refractivity contribution is 0.00929. The average molecular weight is 399 g/mol. The minimum atomic E-state index is -0.443. The summed E-state index contributed by atoms with van der Waals surface area (Å²) in [4.78, 5) is 21.9. The summed E-state index contributed by atoms with van der Waals surface area (Å²) in [5.74, 6) is 2.72. The van der Waals surface area contributed by atoms with Crippen LogP contribution in [0.4, 0.5) is 4.79 Å². The SMILES string of the molecule is CCNC(=NCCSC)N1CCC(N(CC2CC2)C(=O)OC(C)(C)C)CC1. The summed E-state index contributed by atoms with van der Waals surface area (Å²) in [6.07, 6.45) is 6.39. The molecule has 1 saturated heterocycles. The van der Waals surface area contributed by atoms with E-state index in [-0.39, 0.29) is 12.1 Å². The predicted octanol–water partition coefficient (Wildman–Crippen LogP) is 3.43. The van der Waals surface area contributed by atoms with Gasteiger partial charge in [-0.05, 0) is 65.6 Å². The van der Waals surface area contributed by atoms with Gasteiger partial charge in [-0.2, -0.15) is 11.8 Å². The molecule has 1 saturated carbocycles. The van der Waals surface area contributed by atoms with Gasteiger partial charge in [0.2, 0.25) is 0 Å². The lowest BCUT2D eigenvalue weighted by atomic mass is 10.0. The van der Waals surface area contributed by atoms with Gasteiger partial charge in [0, 0.05) is 38.0 Å². The Labute approximate surface area is 169 Å². The number of nitrogens with zero attached hydrogens (tertiary/aromatic N) is 3. The smallest absolute Gasteiger partial charge is 0.410 e. The number of ether oxygens (including phenoxy) is 1. The third-order valence-electron chi connectivity index (χ3n) is 4.88. The Hall–Kier alpha value is -1.11. The van der Waals surface area contributed by atoms with Gasteiger partial charge >= 0.3 is 6.09 Å². The maximum Gasteiger partial charge on any atom is 0.410 e. The van der Waals surface area contributed by atoms with Gasteiger partial charge in [-0.3, -0.25) is 4.99 Å². The number of rotatable bonds is 7. The van der Waals surface area contributed by atoms with Crippen LogP contribution < -0.4 is 5.32 Å². The second kappa shape index (κ2) is 10.4. The minimum Gasteiger partial charge on any atom is -0.444 e. The Kier molecular flexibility index (Phi) is 8.58. The standard InChI is InChI=1S/C20H38N4O2S/c1-6-21-18(22-11-14-27-5)23-12-9-17(10-13-23)24(15-16-7-8-16)19(25)26-20(2,3)4/h16-17H,6-15H2,1-5H3,(H,21,22). The zero-order chi connectivity index (χ0) is 19.9. The first kappa shape index (κ1) is 22.2. The molecule has 2 fully saturated rings. The van der Waals surface area contributed by atoms with Crippen molar-refractivity contribution in [2.45, 2.75) is 65.0 Å². The highest BCUT2D eigenvalue weighted by Crippen LogP contribution is 2.32. The van der Waals surface area contributed by atoms with Gasteiger partial charge in [-0.1, -0.05) is 0 Å². The normalized spacial score (nSPS) is 19.1. The van der Waals surface area contributed by atoms with E-state index in [9.17, 15) is 4.79 Å². The molecule has 2 aliphatic rings. The topological polar surface area (TPSA) is 57.2 Å². The number of nitrogens with one attached hydrogen (secondary N) is 1.